The number of nitro groups is 1. The molecule has 1 heterocycles. The van der Waals surface area contributed by atoms with Crippen molar-refractivity contribution in [3.8, 4) is 35.3 Å². The molecule has 0 saturated heterocycles. The van der Waals surface area contributed by atoms with Gasteiger partial charge in [0.2, 0.25) is 5.60 Å². The lowest BCUT2D eigenvalue weighted by molar-refractivity contribution is -0.387. The van der Waals surface area contributed by atoms with Crippen molar-refractivity contribution < 1.29 is 29.0 Å². The van der Waals surface area contributed by atoms with Gasteiger partial charge in [-0.25, -0.2) is 9.79 Å². The highest BCUT2D eigenvalue weighted by Crippen LogP contribution is 2.43. The number of allylic oxidation sites excluding steroid dienone is 1. The summed E-state index contributed by atoms with van der Waals surface area (Å²) in [6.07, 6.45) is 3.78. The van der Waals surface area contributed by atoms with Gasteiger partial charge < -0.3 is 41.4 Å². The van der Waals surface area contributed by atoms with Crippen molar-refractivity contribution in [2.24, 2.45) is 22.2 Å². The van der Waals surface area contributed by atoms with E-state index in [2.05, 4.69) is 15.0 Å². The van der Waals surface area contributed by atoms with Gasteiger partial charge in [0.15, 0.2) is 11.7 Å². The Morgan fingerprint density at radius 1 is 1.19 bits per heavy atom. The molecule has 2 aromatic carbocycles. The van der Waals surface area contributed by atoms with Gasteiger partial charge >= 0.3 is 29.4 Å². The molecule has 220 valence electrons. The average molecular weight is 588 g/mol. The highest BCUT2D eigenvalue weighted by atomic mass is 16.6. The van der Waals surface area contributed by atoms with Gasteiger partial charge in [0.1, 0.15) is 5.75 Å². The molecule has 0 bridgehead atoms. The number of ether oxygens (including phenoxy) is 3. The summed E-state index contributed by atoms with van der Waals surface area (Å²) in [5, 5.41) is 31.9. The molecule has 0 spiro atoms. The van der Waals surface area contributed by atoms with Crippen molar-refractivity contribution in [3.05, 3.63) is 82.1 Å². The van der Waals surface area contributed by atoms with Crippen LogP contribution < -0.4 is 36.3 Å². The third kappa shape index (κ3) is 6.69. The normalized spacial score (nSPS) is 15.4. The maximum Gasteiger partial charge on any atom is 0.393 e. The molecule has 1 aromatic heterocycles. The second-order valence-corrected chi connectivity index (χ2v) is 9.20. The second-order valence-electron chi connectivity index (χ2n) is 9.20. The zero-order valence-electron chi connectivity index (χ0n) is 22.8. The highest BCUT2D eigenvalue weighted by Gasteiger charge is 2.43. The molecule has 0 fully saturated rings. The standard InChI is InChI=1S/C27H25N9O7/c1-35(2)19-9-8-15(14-28)11-20(19)42-22-21(36(39)40)23(43-27(24(37)38)10-4-5-16(29)13-27)34-26(33-22)41-18-7-3-6-17(12-18)32-25(30)31/h3-9,11-13H,10,29H2,1-2H3,(H,37,38)(H4,30,31,32). The van der Waals surface area contributed by atoms with E-state index in [4.69, 9.17) is 31.4 Å². The summed E-state index contributed by atoms with van der Waals surface area (Å²) in [7, 11) is 3.39. The molecule has 3 aromatic rings. The Hall–Kier alpha value is -6.37. The van der Waals surface area contributed by atoms with Crippen LogP contribution in [0.25, 0.3) is 0 Å². The molecular weight excluding hydrogens is 562 g/mol. The first-order valence-electron chi connectivity index (χ1n) is 12.3. The topological polar surface area (TPSA) is 251 Å². The predicted molar refractivity (Wildman–Crippen MR) is 153 cm³/mol. The van der Waals surface area contributed by atoms with E-state index >= 15 is 0 Å². The summed E-state index contributed by atoms with van der Waals surface area (Å²) in [4.78, 5) is 37.6. The minimum Gasteiger partial charge on any atom is -0.478 e. The van der Waals surface area contributed by atoms with Gasteiger partial charge in [-0.05, 0) is 36.4 Å². The number of nitriles is 1. The number of guanidine groups is 1. The van der Waals surface area contributed by atoms with Crippen molar-refractivity contribution in [2.45, 2.75) is 12.0 Å². The van der Waals surface area contributed by atoms with E-state index in [0.717, 1.165) is 6.08 Å². The molecule has 7 N–H and O–H groups in total. The van der Waals surface area contributed by atoms with Gasteiger partial charge in [0.25, 0.3) is 0 Å². The lowest BCUT2D eigenvalue weighted by Gasteiger charge is -2.28. The number of hydrogen-bond acceptors (Lipinski definition) is 12. The van der Waals surface area contributed by atoms with E-state index in [1.807, 2.05) is 6.07 Å². The molecule has 0 saturated carbocycles. The van der Waals surface area contributed by atoms with Crippen molar-refractivity contribution in [3.63, 3.8) is 0 Å². The van der Waals surface area contributed by atoms with Crippen LogP contribution in [0.5, 0.6) is 29.3 Å². The maximum atomic E-state index is 12.4. The third-order valence-electron chi connectivity index (χ3n) is 5.82. The molecule has 16 nitrogen and oxygen atoms in total. The average Bonchev–Trinajstić information content (AvgIpc) is 2.92. The number of hydrogen-bond donors (Lipinski definition) is 4. The first-order chi connectivity index (χ1) is 20.4. The van der Waals surface area contributed by atoms with E-state index in [0.29, 0.717) is 11.4 Å². The number of benzene rings is 2. The summed E-state index contributed by atoms with van der Waals surface area (Å²) in [6.45, 7) is 0. The van der Waals surface area contributed by atoms with Crippen LogP contribution in [0.4, 0.5) is 17.1 Å². The Kier molecular flexibility index (Phi) is 8.27. The van der Waals surface area contributed by atoms with E-state index in [1.165, 1.54) is 36.4 Å². The lowest BCUT2D eigenvalue weighted by Crippen LogP contribution is -2.44. The number of rotatable bonds is 10. The molecule has 1 aliphatic rings. The Morgan fingerprint density at radius 2 is 1.93 bits per heavy atom. The molecule has 43 heavy (non-hydrogen) atoms. The van der Waals surface area contributed by atoms with Gasteiger partial charge in [-0.15, -0.1) is 0 Å². The smallest absolute Gasteiger partial charge is 0.393 e. The molecule has 1 atom stereocenters. The lowest BCUT2D eigenvalue weighted by atomic mass is 9.94. The molecule has 0 radical (unpaired) electrons. The fourth-order valence-electron chi connectivity index (χ4n) is 3.93. The molecule has 4 rings (SSSR count). The number of aliphatic carboxylic acids is 1. The predicted octanol–water partition coefficient (Wildman–Crippen LogP) is 2.82. The van der Waals surface area contributed by atoms with Crippen molar-refractivity contribution in [1.82, 2.24) is 9.97 Å². The molecule has 1 unspecified atom stereocenters. The minimum absolute atomic E-state index is 0.0233. The van der Waals surface area contributed by atoms with E-state index in [1.54, 1.807) is 37.2 Å². The maximum absolute atomic E-state index is 12.4. The highest BCUT2D eigenvalue weighted by molar-refractivity contribution is 5.82. The Bertz CT molecular complexity index is 1730. The molecular formula is C27H25N9O7. The van der Waals surface area contributed by atoms with Gasteiger partial charge in [-0.1, -0.05) is 12.1 Å². The SMILES string of the molecule is CN(C)c1ccc(C#N)cc1Oc1nc(Oc2cccc(N=C(N)N)c2)nc(OC2(C(=O)O)C=C(N)C=CC2)c1[N+](=O)[O-]. The van der Waals surface area contributed by atoms with Crippen LogP contribution in [0.3, 0.4) is 0 Å². The van der Waals surface area contributed by atoms with Crippen molar-refractivity contribution in [2.75, 3.05) is 19.0 Å². The van der Waals surface area contributed by atoms with Crippen LogP contribution in [0.15, 0.2) is 71.4 Å². The zero-order chi connectivity index (χ0) is 31.3. The Labute approximate surface area is 244 Å². The number of carbonyl (C=O) groups is 1. The van der Waals surface area contributed by atoms with Crippen LogP contribution >= 0.6 is 0 Å². The molecule has 0 amide bonds. The minimum atomic E-state index is -2.16. The van der Waals surface area contributed by atoms with Crippen LogP contribution in [0, 0.1) is 21.4 Å². The number of anilines is 1. The quantitative estimate of drug-likeness (QED) is 0.115. The fraction of sp³-hybridized carbons (Fsp3) is 0.148. The number of carboxylic acids is 1. The number of carboxylic acid groups (broad SMARTS) is 1. The number of nitrogens with zero attached hydrogens (tertiary/aromatic N) is 6. The largest absolute Gasteiger partial charge is 0.478 e. The van der Waals surface area contributed by atoms with Crippen LogP contribution in [-0.4, -0.2) is 51.6 Å². The fourth-order valence-corrected chi connectivity index (χ4v) is 3.93. The summed E-state index contributed by atoms with van der Waals surface area (Å²) in [5.74, 6) is -3.00. The zero-order valence-corrected chi connectivity index (χ0v) is 22.8. The number of nitrogens with two attached hydrogens (primary N) is 3. The van der Waals surface area contributed by atoms with E-state index in [-0.39, 0.29) is 35.1 Å². The van der Waals surface area contributed by atoms with Gasteiger partial charge in [0.05, 0.1) is 27.9 Å². The van der Waals surface area contributed by atoms with E-state index < -0.39 is 40.0 Å². The van der Waals surface area contributed by atoms with Crippen molar-refractivity contribution >= 4 is 29.0 Å². The number of aromatic nitrogens is 2. The summed E-state index contributed by atoms with van der Waals surface area (Å²) >= 11 is 0. The van der Waals surface area contributed by atoms with Crippen LogP contribution in [-0.2, 0) is 4.79 Å². The second kappa shape index (κ2) is 12.0. The van der Waals surface area contributed by atoms with Gasteiger partial charge in [-0.3, -0.25) is 10.1 Å². The Morgan fingerprint density at radius 3 is 2.56 bits per heavy atom. The molecule has 1 aliphatic carbocycles. The van der Waals surface area contributed by atoms with Gasteiger partial charge in [-0.2, -0.15) is 15.2 Å². The van der Waals surface area contributed by atoms with Gasteiger partial charge in [0, 0.05) is 38.3 Å². The third-order valence-corrected chi connectivity index (χ3v) is 5.82. The number of aliphatic imine (C=N–C) groups is 1. The first-order valence-corrected chi connectivity index (χ1v) is 12.3. The summed E-state index contributed by atoms with van der Waals surface area (Å²) < 4.78 is 17.4. The van der Waals surface area contributed by atoms with Crippen LogP contribution in [0.1, 0.15) is 12.0 Å². The Balaban J connectivity index is 1.92. The molecule has 0 aliphatic heterocycles. The summed E-state index contributed by atoms with van der Waals surface area (Å²) in [6, 6.07) is 12.0. The van der Waals surface area contributed by atoms with E-state index in [9.17, 15) is 25.3 Å². The first kappa shape index (κ1) is 29.6. The molecule has 16 heteroatoms. The van der Waals surface area contributed by atoms with Crippen molar-refractivity contribution in [1.29, 1.82) is 5.26 Å². The monoisotopic (exact) mass is 587 g/mol. The van der Waals surface area contributed by atoms with Crippen LogP contribution in [0.2, 0.25) is 0 Å². The summed E-state index contributed by atoms with van der Waals surface area (Å²) in [5.41, 5.74) is 14.7.